The lowest BCUT2D eigenvalue weighted by molar-refractivity contribution is 0.0970. The molecule has 0 spiro atoms. The van der Waals surface area contributed by atoms with Crippen LogP contribution in [-0.4, -0.2) is 34.7 Å². The minimum atomic E-state index is -0.562. The van der Waals surface area contributed by atoms with Crippen LogP contribution in [0.25, 0.3) is 11.2 Å². The molecule has 24 heavy (non-hydrogen) atoms. The zero-order chi connectivity index (χ0) is 17.6. The molecule has 0 amide bonds. The van der Waals surface area contributed by atoms with Crippen molar-refractivity contribution in [2.45, 2.75) is 6.54 Å². The minimum absolute atomic E-state index is 0.0105. The van der Waals surface area contributed by atoms with Gasteiger partial charge < -0.3 is 14.8 Å². The van der Waals surface area contributed by atoms with E-state index in [2.05, 4.69) is 4.98 Å². The number of nitrogens with zero attached hydrogens (tertiary/aromatic N) is 4. The van der Waals surface area contributed by atoms with Crippen LogP contribution in [0.5, 0.6) is 11.5 Å². The van der Waals surface area contributed by atoms with Gasteiger partial charge in [0.05, 0.1) is 18.4 Å². The Balaban J connectivity index is 2.10. The normalized spacial score (nSPS) is 11.1. The lowest BCUT2D eigenvalue weighted by Crippen LogP contribution is -2.37. The average molecular weight is 330 g/mol. The molecule has 0 aliphatic rings. The van der Waals surface area contributed by atoms with Crippen molar-refractivity contribution >= 4 is 16.9 Å². The first-order chi connectivity index (χ1) is 11.3. The van der Waals surface area contributed by atoms with Crippen LogP contribution in [-0.2, 0) is 20.6 Å². The molecular formula is C15H14N4O5. The SMILES string of the molecule is Cn1c(=O)c2c(ncn2CC(=O)c2ccc(O)cc2O)n(C)c1=O. The number of imidazole rings is 1. The number of aromatic hydroxyl groups is 2. The molecule has 2 N–H and O–H groups in total. The van der Waals surface area contributed by atoms with Crippen molar-refractivity contribution in [2.24, 2.45) is 14.1 Å². The predicted molar refractivity (Wildman–Crippen MR) is 84.3 cm³/mol. The zero-order valence-corrected chi connectivity index (χ0v) is 12.9. The first kappa shape index (κ1) is 15.5. The number of phenols is 2. The quantitative estimate of drug-likeness (QED) is 0.638. The van der Waals surface area contributed by atoms with E-state index in [0.717, 1.165) is 10.6 Å². The Morgan fingerprint density at radius 2 is 1.88 bits per heavy atom. The number of hydrogen-bond donors (Lipinski definition) is 2. The topological polar surface area (TPSA) is 119 Å². The van der Waals surface area contributed by atoms with Crippen LogP contribution in [0.2, 0.25) is 0 Å². The Morgan fingerprint density at radius 3 is 2.54 bits per heavy atom. The average Bonchev–Trinajstić information content (AvgIpc) is 2.94. The summed E-state index contributed by atoms with van der Waals surface area (Å²) in [6, 6.07) is 3.63. The van der Waals surface area contributed by atoms with Gasteiger partial charge in [0.25, 0.3) is 5.56 Å². The monoisotopic (exact) mass is 330 g/mol. The Morgan fingerprint density at radius 1 is 1.17 bits per heavy atom. The van der Waals surface area contributed by atoms with Gasteiger partial charge >= 0.3 is 5.69 Å². The van der Waals surface area contributed by atoms with Crippen molar-refractivity contribution in [2.75, 3.05) is 0 Å². The summed E-state index contributed by atoms with van der Waals surface area (Å²) in [5.74, 6) is -0.992. The highest BCUT2D eigenvalue weighted by Crippen LogP contribution is 2.23. The number of hydrogen-bond acceptors (Lipinski definition) is 6. The smallest absolute Gasteiger partial charge is 0.332 e. The van der Waals surface area contributed by atoms with Gasteiger partial charge in [0.15, 0.2) is 16.9 Å². The third kappa shape index (κ3) is 2.26. The third-order valence-corrected chi connectivity index (χ3v) is 3.81. The van der Waals surface area contributed by atoms with Crippen LogP contribution in [0, 0.1) is 0 Å². The number of aryl methyl sites for hydroxylation is 1. The number of phenolic OH excluding ortho intramolecular Hbond substituents is 2. The number of carbonyl (C=O) groups excluding carboxylic acids is 1. The molecule has 3 aromatic rings. The van der Waals surface area contributed by atoms with E-state index in [-0.39, 0.29) is 34.8 Å². The first-order valence-corrected chi connectivity index (χ1v) is 6.97. The van der Waals surface area contributed by atoms with Gasteiger partial charge in [-0.1, -0.05) is 0 Å². The second-order valence-electron chi connectivity index (χ2n) is 5.38. The number of rotatable bonds is 3. The number of benzene rings is 1. The molecule has 2 aromatic heterocycles. The summed E-state index contributed by atoms with van der Waals surface area (Å²) in [5, 5.41) is 19.0. The largest absolute Gasteiger partial charge is 0.508 e. The van der Waals surface area contributed by atoms with E-state index in [0.29, 0.717) is 0 Å². The summed E-state index contributed by atoms with van der Waals surface area (Å²) < 4.78 is 3.48. The number of carbonyl (C=O) groups is 1. The molecular weight excluding hydrogens is 316 g/mol. The molecule has 0 atom stereocenters. The maximum atomic E-state index is 12.4. The van der Waals surface area contributed by atoms with E-state index in [4.69, 9.17) is 0 Å². The lowest BCUT2D eigenvalue weighted by Gasteiger charge is -2.07. The standard InChI is InChI=1S/C15H14N4O5/c1-17-13-12(14(23)18(2)15(17)24)19(7-16-13)6-11(22)9-4-3-8(20)5-10(9)21/h3-5,7,20-21H,6H2,1-2H3. The van der Waals surface area contributed by atoms with E-state index >= 15 is 0 Å². The zero-order valence-electron chi connectivity index (χ0n) is 12.9. The molecule has 0 unspecified atom stereocenters. The van der Waals surface area contributed by atoms with Crippen molar-refractivity contribution in [1.82, 2.24) is 18.7 Å². The summed E-state index contributed by atoms with van der Waals surface area (Å²) in [4.78, 5) is 40.6. The van der Waals surface area contributed by atoms with E-state index in [9.17, 15) is 24.6 Å². The van der Waals surface area contributed by atoms with Gasteiger partial charge in [-0.05, 0) is 12.1 Å². The van der Waals surface area contributed by atoms with Crippen LogP contribution < -0.4 is 11.2 Å². The summed E-state index contributed by atoms with van der Waals surface area (Å²) >= 11 is 0. The number of fused-ring (bicyclic) bond motifs is 1. The van der Waals surface area contributed by atoms with Gasteiger partial charge in [-0.3, -0.25) is 18.7 Å². The van der Waals surface area contributed by atoms with E-state index in [1.165, 1.54) is 41.7 Å². The summed E-state index contributed by atoms with van der Waals surface area (Å²) in [5.41, 5.74) is -0.776. The van der Waals surface area contributed by atoms with Crippen molar-refractivity contribution in [3.63, 3.8) is 0 Å². The number of aromatic nitrogens is 4. The molecule has 0 saturated carbocycles. The van der Waals surface area contributed by atoms with Crippen LogP contribution in [0.3, 0.4) is 0 Å². The highest BCUT2D eigenvalue weighted by Gasteiger charge is 2.18. The Bertz CT molecular complexity index is 1090. The van der Waals surface area contributed by atoms with Crippen LogP contribution in [0.4, 0.5) is 0 Å². The van der Waals surface area contributed by atoms with Crippen molar-refractivity contribution in [3.8, 4) is 11.5 Å². The molecule has 124 valence electrons. The molecule has 0 fully saturated rings. The van der Waals surface area contributed by atoms with Crippen molar-refractivity contribution in [1.29, 1.82) is 0 Å². The molecule has 0 radical (unpaired) electrons. The second kappa shape index (κ2) is 5.37. The molecule has 3 rings (SSSR count). The summed E-state index contributed by atoms with van der Waals surface area (Å²) in [6.45, 7) is -0.248. The van der Waals surface area contributed by atoms with E-state index in [1.807, 2.05) is 0 Å². The van der Waals surface area contributed by atoms with Gasteiger partial charge in [0.2, 0.25) is 0 Å². The summed E-state index contributed by atoms with van der Waals surface area (Å²) in [7, 11) is 2.82. The molecule has 0 aliphatic carbocycles. The highest BCUT2D eigenvalue weighted by atomic mass is 16.3. The molecule has 9 nitrogen and oxygen atoms in total. The van der Waals surface area contributed by atoms with Crippen molar-refractivity contribution in [3.05, 3.63) is 50.9 Å². The molecule has 0 aliphatic heterocycles. The minimum Gasteiger partial charge on any atom is -0.508 e. The fraction of sp³-hybridized carbons (Fsp3) is 0.200. The third-order valence-electron chi connectivity index (χ3n) is 3.81. The van der Waals surface area contributed by atoms with Crippen molar-refractivity contribution < 1.29 is 15.0 Å². The van der Waals surface area contributed by atoms with Gasteiger partial charge in [-0.15, -0.1) is 0 Å². The van der Waals surface area contributed by atoms with Gasteiger partial charge in [-0.2, -0.15) is 0 Å². The van der Waals surface area contributed by atoms with Crippen LogP contribution >= 0.6 is 0 Å². The molecule has 0 saturated heterocycles. The molecule has 1 aromatic carbocycles. The van der Waals surface area contributed by atoms with Crippen LogP contribution in [0.15, 0.2) is 34.1 Å². The fourth-order valence-electron chi connectivity index (χ4n) is 2.51. The lowest BCUT2D eigenvalue weighted by atomic mass is 10.1. The maximum Gasteiger partial charge on any atom is 0.332 e. The summed E-state index contributed by atoms with van der Waals surface area (Å²) in [6.07, 6.45) is 1.29. The second-order valence-corrected chi connectivity index (χ2v) is 5.38. The highest BCUT2D eigenvalue weighted by molar-refractivity contribution is 5.99. The molecule has 2 heterocycles. The number of ketones is 1. The predicted octanol–water partition coefficient (Wildman–Crippen LogP) is -0.272. The Kier molecular flexibility index (Phi) is 3.48. The van der Waals surface area contributed by atoms with Gasteiger partial charge in [0, 0.05) is 20.2 Å². The molecule has 0 bridgehead atoms. The Hall–Kier alpha value is -3.36. The first-order valence-electron chi connectivity index (χ1n) is 6.97. The fourth-order valence-corrected chi connectivity index (χ4v) is 2.51. The van der Waals surface area contributed by atoms with E-state index in [1.54, 1.807) is 0 Å². The maximum absolute atomic E-state index is 12.4. The van der Waals surface area contributed by atoms with Crippen LogP contribution in [0.1, 0.15) is 10.4 Å². The molecule has 9 heteroatoms. The van der Waals surface area contributed by atoms with Gasteiger partial charge in [0.1, 0.15) is 11.5 Å². The van der Waals surface area contributed by atoms with E-state index < -0.39 is 17.0 Å². The number of Topliss-reactive ketones (excluding diaryl/α,β-unsaturated/α-hetero) is 1. The Labute approximate surface area is 134 Å². The van der Waals surface area contributed by atoms with Gasteiger partial charge in [-0.25, -0.2) is 9.78 Å².